The zero-order valence-corrected chi connectivity index (χ0v) is 24.5. The number of halogens is 1. The van der Waals surface area contributed by atoms with Gasteiger partial charge in [0, 0.05) is 18.2 Å². The van der Waals surface area contributed by atoms with E-state index in [-0.39, 0.29) is 22.9 Å². The fourth-order valence-corrected chi connectivity index (χ4v) is 8.52. The highest BCUT2D eigenvalue weighted by molar-refractivity contribution is 6.21. The minimum absolute atomic E-state index is 0.0157. The molecule has 0 radical (unpaired) electrons. The first-order valence-corrected chi connectivity index (χ1v) is 15.3. The summed E-state index contributed by atoms with van der Waals surface area (Å²) >= 11 is 0. The van der Waals surface area contributed by atoms with Crippen LogP contribution in [0.2, 0.25) is 0 Å². The molecule has 2 aromatic carbocycles. The molecule has 14 heteroatoms. The molecule has 3 heterocycles. The molecule has 2 amide bonds. The van der Waals surface area contributed by atoms with Crippen molar-refractivity contribution in [1.29, 1.82) is 0 Å². The second-order valence-electron chi connectivity index (χ2n) is 13.1. The van der Waals surface area contributed by atoms with Crippen molar-refractivity contribution in [2.45, 2.75) is 79.9 Å². The van der Waals surface area contributed by atoms with E-state index in [1.807, 2.05) is 6.07 Å². The van der Waals surface area contributed by atoms with E-state index >= 15 is 0 Å². The number of aliphatic hydroxyl groups excluding tert-OH is 2. The Kier molecular flexibility index (Phi) is 6.94. The van der Waals surface area contributed by atoms with Gasteiger partial charge in [0.05, 0.1) is 28.2 Å². The summed E-state index contributed by atoms with van der Waals surface area (Å²) in [7, 11) is 0. The maximum absolute atomic E-state index is 13.9. The lowest BCUT2D eigenvalue weighted by molar-refractivity contribution is -0.196. The number of hydrogen-bond donors (Lipinski definition) is 6. The lowest BCUT2D eigenvalue weighted by Crippen LogP contribution is -2.78. The zero-order chi connectivity index (χ0) is 32.9. The maximum Gasteiger partial charge on any atom is 0.335 e. The quantitative estimate of drug-likeness (QED) is 0.241. The molecule has 2 unspecified atom stereocenters. The van der Waals surface area contributed by atoms with Crippen molar-refractivity contribution in [1.82, 2.24) is 9.80 Å². The highest BCUT2D eigenvalue weighted by Crippen LogP contribution is 2.66. The second kappa shape index (κ2) is 10.5. The molecule has 1 spiro atoms. The summed E-state index contributed by atoms with van der Waals surface area (Å²) in [6.07, 6.45) is -0.652. The molecule has 3 aliphatic carbocycles. The number of imide groups is 1. The third kappa shape index (κ3) is 4.20. The van der Waals surface area contributed by atoms with Crippen molar-refractivity contribution in [2.75, 3.05) is 13.1 Å². The number of hydrogen-bond acceptors (Lipinski definition) is 10. The summed E-state index contributed by atoms with van der Waals surface area (Å²) in [5, 5.41) is 55.9. The lowest BCUT2D eigenvalue weighted by atomic mass is 9.48. The van der Waals surface area contributed by atoms with Crippen LogP contribution in [-0.4, -0.2) is 113 Å². The molecular formula is C32H33FN2O11. The smallest absolute Gasteiger partial charge is 0.335 e. The molecule has 0 aromatic heterocycles. The molecule has 2 bridgehead atoms. The molecule has 6 N–H and O–H groups in total. The molecule has 13 nitrogen and oxygen atoms in total. The number of benzene rings is 2. The number of aliphatic hydroxyl groups is 3. The Hall–Kier alpha value is -4.11. The van der Waals surface area contributed by atoms with Crippen molar-refractivity contribution < 1.29 is 58.9 Å². The van der Waals surface area contributed by atoms with Crippen LogP contribution >= 0.6 is 0 Å². The largest absolute Gasteiger partial charge is 0.504 e. The van der Waals surface area contributed by atoms with E-state index in [4.69, 9.17) is 25.2 Å². The second-order valence-corrected chi connectivity index (χ2v) is 13.1. The standard InChI is InChI=1S/C28H27FN2O5.C4H6O6/c29-16-4-5-17-18(12-16)26(34)31(25(17)33)19-7-8-28(35)21-11-15-3-6-20(32)23-22(15)27(28,24(19)36-23)9-10-30(21)13-14-1-2-14;5-1(3(7)8)2(6)4(9)10/h3-6,12,14,19,21,24,32,35H,1-2,7-11,13H2;1-2,5-6H,(H,7,8)(H,9,10)/t19-,21-,24-,27+,28-;/m1./s1. The van der Waals surface area contributed by atoms with Gasteiger partial charge in [0.1, 0.15) is 11.9 Å². The van der Waals surface area contributed by atoms with E-state index in [2.05, 4.69) is 4.90 Å². The molecule has 6 aliphatic rings. The number of aromatic hydroxyl groups is 1. The molecule has 3 fully saturated rings. The number of carboxylic acids is 2. The molecule has 2 saturated carbocycles. The molecular weight excluding hydrogens is 607 g/mol. The Morgan fingerprint density at radius 3 is 2.30 bits per heavy atom. The molecule has 2 aromatic rings. The summed E-state index contributed by atoms with van der Waals surface area (Å²) < 4.78 is 20.4. The number of fused-ring (bicyclic) bond motifs is 1. The molecule has 3 aliphatic heterocycles. The third-order valence-corrected chi connectivity index (χ3v) is 10.7. The minimum atomic E-state index is -2.27. The van der Waals surface area contributed by atoms with Crippen LogP contribution in [0.15, 0.2) is 30.3 Å². The first-order valence-electron chi connectivity index (χ1n) is 15.3. The summed E-state index contributed by atoms with van der Waals surface area (Å²) in [6, 6.07) is 6.54. The number of likely N-dealkylation sites (tertiary alicyclic amines) is 1. The molecule has 8 rings (SSSR count). The van der Waals surface area contributed by atoms with Gasteiger partial charge in [-0.2, -0.15) is 0 Å². The van der Waals surface area contributed by atoms with Crippen LogP contribution in [0.4, 0.5) is 4.39 Å². The average Bonchev–Trinajstić information content (AvgIpc) is 3.71. The summed E-state index contributed by atoms with van der Waals surface area (Å²) in [4.78, 5) is 50.1. The zero-order valence-electron chi connectivity index (χ0n) is 24.5. The van der Waals surface area contributed by atoms with Gasteiger partial charge in [-0.05, 0) is 80.8 Å². The number of ether oxygens (including phenoxy) is 1. The van der Waals surface area contributed by atoms with E-state index in [9.17, 15) is 33.8 Å². The van der Waals surface area contributed by atoms with Crippen LogP contribution in [0.5, 0.6) is 11.5 Å². The molecule has 7 atom stereocenters. The number of amides is 2. The van der Waals surface area contributed by atoms with E-state index in [0.29, 0.717) is 37.4 Å². The fraction of sp³-hybridized carbons (Fsp3) is 0.500. The normalized spacial score (nSPS) is 31.7. The summed E-state index contributed by atoms with van der Waals surface area (Å²) in [6.45, 7) is 1.76. The number of carboxylic acid groups (broad SMARTS) is 2. The van der Waals surface area contributed by atoms with Gasteiger partial charge in [0.2, 0.25) is 0 Å². The lowest BCUT2D eigenvalue weighted by Gasteiger charge is -2.64. The van der Waals surface area contributed by atoms with Crippen LogP contribution in [0, 0.1) is 11.7 Å². The summed E-state index contributed by atoms with van der Waals surface area (Å²) in [5.74, 6) is -4.00. The van der Waals surface area contributed by atoms with Gasteiger partial charge in [-0.3, -0.25) is 19.4 Å². The molecule has 244 valence electrons. The van der Waals surface area contributed by atoms with Gasteiger partial charge >= 0.3 is 11.9 Å². The number of phenolic OH excluding ortho intramolecular Hbond substituents is 1. The van der Waals surface area contributed by atoms with Gasteiger partial charge in [0.15, 0.2) is 23.7 Å². The van der Waals surface area contributed by atoms with E-state index in [1.165, 1.54) is 29.9 Å². The van der Waals surface area contributed by atoms with Crippen LogP contribution in [0.25, 0.3) is 0 Å². The van der Waals surface area contributed by atoms with Crippen molar-refractivity contribution in [3.05, 3.63) is 58.4 Å². The van der Waals surface area contributed by atoms with Gasteiger partial charge in [0.25, 0.3) is 11.8 Å². The van der Waals surface area contributed by atoms with Gasteiger partial charge in [-0.1, -0.05) is 6.07 Å². The minimum Gasteiger partial charge on any atom is -0.504 e. The van der Waals surface area contributed by atoms with Crippen molar-refractivity contribution in [2.24, 2.45) is 5.92 Å². The predicted molar refractivity (Wildman–Crippen MR) is 153 cm³/mol. The Morgan fingerprint density at radius 2 is 1.65 bits per heavy atom. The van der Waals surface area contributed by atoms with Crippen LogP contribution in [0.3, 0.4) is 0 Å². The Labute approximate surface area is 261 Å². The van der Waals surface area contributed by atoms with E-state index < -0.39 is 64.9 Å². The van der Waals surface area contributed by atoms with E-state index in [1.54, 1.807) is 6.07 Å². The predicted octanol–water partition coefficient (Wildman–Crippen LogP) is 0.638. The van der Waals surface area contributed by atoms with Gasteiger partial charge in [-0.25, -0.2) is 14.0 Å². The first-order chi connectivity index (χ1) is 21.8. The third-order valence-electron chi connectivity index (χ3n) is 10.7. The maximum atomic E-state index is 13.9. The van der Waals surface area contributed by atoms with Crippen LogP contribution in [0.1, 0.15) is 63.9 Å². The number of carbonyl (C=O) groups excluding carboxylic acids is 2. The Morgan fingerprint density at radius 1 is 0.978 bits per heavy atom. The van der Waals surface area contributed by atoms with Gasteiger partial charge in [-0.15, -0.1) is 0 Å². The van der Waals surface area contributed by atoms with Crippen molar-refractivity contribution in [3.63, 3.8) is 0 Å². The van der Waals surface area contributed by atoms with Crippen molar-refractivity contribution >= 4 is 23.8 Å². The van der Waals surface area contributed by atoms with Crippen molar-refractivity contribution in [3.8, 4) is 11.5 Å². The van der Waals surface area contributed by atoms with Gasteiger partial charge < -0.3 is 35.4 Å². The topological polar surface area (TPSA) is 205 Å². The number of phenols is 1. The van der Waals surface area contributed by atoms with Crippen LogP contribution < -0.4 is 4.74 Å². The Bertz CT molecular complexity index is 1660. The highest BCUT2D eigenvalue weighted by atomic mass is 19.1. The van der Waals surface area contributed by atoms with Crippen LogP contribution in [-0.2, 0) is 21.4 Å². The first kappa shape index (κ1) is 30.5. The molecule has 46 heavy (non-hydrogen) atoms. The summed E-state index contributed by atoms with van der Waals surface area (Å²) in [5.41, 5.74) is 0.244. The number of aliphatic carboxylic acids is 2. The number of rotatable bonds is 6. The SMILES string of the molecule is O=C(O)C(O)C(O)C(=O)O.O=C1c2ccc(F)cc2C(=O)N1[C@@H]1CC[C@@]2(O)[C@H]3Cc4ccc(O)c5c4[C@@]2(CCN3CC2CC2)[C@@H]1O5. The average molecular weight is 641 g/mol. The fourth-order valence-electron chi connectivity index (χ4n) is 8.52. The van der Waals surface area contributed by atoms with E-state index in [0.717, 1.165) is 30.3 Å². The monoisotopic (exact) mass is 640 g/mol. The molecule has 1 saturated heterocycles. The highest BCUT2D eigenvalue weighted by Gasteiger charge is 2.74. The number of nitrogens with zero attached hydrogens (tertiary/aromatic N) is 2. The number of piperidine rings is 1. The Balaban J connectivity index is 0.000000296. The number of carbonyl (C=O) groups is 4.